The second-order valence-electron chi connectivity index (χ2n) is 3.93. The van der Waals surface area contributed by atoms with E-state index in [-0.39, 0.29) is 0 Å². The number of benzene rings is 1. The Kier molecular flexibility index (Phi) is 3.35. The lowest BCUT2D eigenvalue weighted by Gasteiger charge is -2.21. The molecular formula is C12H16OS. The molecule has 1 fully saturated rings. The third kappa shape index (κ3) is 2.68. The standard InChI is InChI=1S/C12H16OS/c13-12-3-1-10(2-4-12)9-11-5-7-14-8-6-11/h1-4,11,13H,5-9H2. The van der Waals surface area contributed by atoms with Crippen LogP contribution in [0.25, 0.3) is 0 Å². The van der Waals surface area contributed by atoms with Crippen molar-refractivity contribution in [2.45, 2.75) is 19.3 Å². The highest BCUT2D eigenvalue weighted by Crippen LogP contribution is 2.26. The third-order valence-corrected chi connectivity index (χ3v) is 3.85. The van der Waals surface area contributed by atoms with Gasteiger partial charge in [-0.3, -0.25) is 0 Å². The van der Waals surface area contributed by atoms with Crippen LogP contribution in [0.15, 0.2) is 24.3 Å². The van der Waals surface area contributed by atoms with Crippen LogP contribution in [0.5, 0.6) is 5.75 Å². The van der Waals surface area contributed by atoms with Gasteiger partial charge >= 0.3 is 0 Å². The highest BCUT2D eigenvalue weighted by atomic mass is 32.2. The second-order valence-corrected chi connectivity index (χ2v) is 5.15. The first-order chi connectivity index (χ1) is 6.84. The Hall–Kier alpha value is -0.630. The summed E-state index contributed by atoms with van der Waals surface area (Å²) in [5, 5.41) is 9.16. The monoisotopic (exact) mass is 208 g/mol. The average molecular weight is 208 g/mol. The van der Waals surface area contributed by atoms with Gasteiger partial charge in [0, 0.05) is 0 Å². The molecule has 76 valence electrons. The van der Waals surface area contributed by atoms with Crippen molar-refractivity contribution in [3.8, 4) is 5.75 Å². The van der Waals surface area contributed by atoms with E-state index in [4.69, 9.17) is 5.11 Å². The van der Waals surface area contributed by atoms with Crippen molar-refractivity contribution in [2.24, 2.45) is 5.92 Å². The van der Waals surface area contributed by atoms with E-state index >= 15 is 0 Å². The Morgan fingerprint density at radius 2 is 1.79 bits per heavy atom. The van der Waals surface area contributed by atoms with Crippen molar-refractivity contribution in [2.75, 3.05) is 11.5 Å². The fourth-order valence-electron chi connectivity index (χ4n) is 1.92. The van der Waals surface area contributed by atoms with E-state index in [1.54, 1.807) is 12.1 Å². The quantitative estimate of drug-likeness (QED) is 0.806. The molecule has 1 aromatic carbocycles. The van der Waals surface area contributed by atoms with Gasteiger partial charge in [0.25, 0.3) is 0 Å². The molecule has 0 spiro atoms. The number of hydrogen-bond donors (Lipinski definition) is 1. The molecule has 1 aliphatic heterocycles. The molecule has 1 nitrogen and oxygen atoms in total. The normalized spacial score (nSPS) is 18.3. The highest BCUT2D eigenvalue weighted by Gasteiger charge is 2.13. The number of hydrogen-bond acceptors (Lipinski definition) is 2. The molecule has 1 saturated heterocycles. The van der Waals surface area contributed by atoms with Gasteiger partial charge in [-0.1, -0.05) is 12.1 Å². The third-order valence-electron chi connectivity index (χ3n) is 2.80. The highest BCUT2D eigenvalue weighted by molar-refractivity contribution is 7.99. The zero-order valence-corrected chi connectivity index (χ0v) is 9.09. The SMILES string of the molecule is Oc1ccc(CC2CCSCC2)cc1. The first-order valence-corrected chi connectivity index (χ1v) is 6.36. The van der Waals surface area contributed by atoms with Gasteiger partial charge in [0.1, 0.15) is 5.75 Å². The van der Waals surface area contributed by atoms with Crippen LogP contribution < -0.4 is 0 Å². The second kappa shape index (κ2) is 4.74. The van der Waals surface area contributed by atoms with Crippen molar-refractivity contribution in [3.63, 3.8) is 0 Å². The van der Waals surface area contributed by atoms with Gasteiger partial charge in [-0.05, 0) is 54.4 Å². The van der Waals surface area contributed by atoms with Crippen LogP contribution in [0.4, 0.5) is 0 Å². The number of phenols is 1. The van der Waals surface area contributed by atoms with Crippen LogP contribution in [0, 0.1) is 5.92 Å². The summed E-state index contributed by atoms with van der Waals surface area (Å²) in [4.78, 5) is 0. The van der Waals surface area contributed by atoms with Crippen molar-refractivity contribution in [3.05, 3.63) is 29.8 Å². The summed E-state index contributed by atoms with van der Waals surface area (Å²) in [6.45, 7) is 0. The van der Waals surface area contributed by atoms with Crippen LogP contribution in [-0.2, 0) is 6.42 Å². The molecule has 0 unspecified atom stereocenters. The van der Waals surface area contributed by atoms with E-state index in [1.165, 1.54) is 36.3 Å². The Morgan fingerprint density at radius 1 is 1.14 bits per heavy atom. The Balaban J connectivity index is 1.92. The minimum absolute atomic E-state index is 0.368. The summed E-state index contributed by atoms with van der Waals surface area (Å²) < 4.78 is 0. The van der Waals surface area contributed by atoms with Gasteiger partial charge in [0.2, 0.25) is 0 Å². The molecule has 2 heteroatoms. The first kappa shape index (κ1) is 9.91. The van der Waals surface area contributed by atoms with E-state index in [9.17, 15) is 0 Å². The number of rotatable bonds is 2. The molecule has 0 aliphatic carbocycles. The topological polar surface area (TPSA) is 20.2 Å². The number of aromatic hydroxyl groups is 1. The Labute approximate surface area is 89.5 Å². The van der Waals surface area contributed by atoms with E-state index in [0.717, 1.165) is 5.92 Å². The zero-order valence-electron chi connectivity index (χ0n) is 8.28. The maximum atomic E-state index is 9.16. The largest absolute Gasteiger partial charge is 0.508 e. The van der Waals surface area contributed by atoms with E-state index in [2.05, 4.69) is 11.8 Å². The minimum Gasteiger partial charge on any atom is -0.508 e. The number of thioether (sulfide) groups is 1. The predicted octanol–water partition coefficient (Wildman–Crippen LogP) is 3.08. The van der Waals surface area contributed by atoms with Crippen LogP contribution in [0.1, 0.15) is 18.4 Å². The van der Waals surface area contributed by atoms with Gasteiger partial charge in [0.15, 0.2) is 0 Å². The van der Waals surface area contributed by atoms with Crippen LogP contribution in [-0.4, -0.2) is 16.6 Å². The molecule has 0 bridgehead atoms. The van der Waals surface area contributed by atoms with Gasteiger partial charge in [-0.15, -0.1) is 0 Å². The number of phenolic OH excluding ortho intramolecular Hbond substituents is 1. The summed E-state index contributed by atoms with van der Waals surface area (Å²) in [7, 11) is 0. The summed E-state index contributed by atoms with van der Waals surface area (Å²) in [5.74, 6) is 3.87. The summed E-state index contributed by atoms with van der Waals surface area (Å²) >= 11 is 2.07. The molecule has 0 aromatic heterocycles. The van der Waals surface area contributed by atoms with E-state index in [1.807, 2.05) is 12.1 Å². The van der Waals surface area contributed by atoms with Crippen LogP contribution >= 0.6 is 11.8 Å². The molecule has 1 N–H and O–H groups in total. The fourth-order valence-corrected chi connectivity index (χ4v) is 3.12. The maximum Gasteiger partial charge on any atom is 0.115 e. The van der Waals surface area contributed by atoms with E-state index < -0.39 is 0 Å². The van der Waals surface area contributed by atoms with Crippen molar-refractivity contribution in [1.29, 1.82) is 0 Å². The molecule has 2 rings (SSSR count). The predicted molar refractivity (Wildman–Crippen MR) is 61.9 cm³/mol. The first-order valence-electron chi connectivity index (χ1n) is 5.20. The molecule has 1 aliphatic rings. The lowest BCUT2D eigenvalue weighted by atomic mass is 9.94. The van der Waals surface area contributed by atoms with Crippen LogP contribution in [0.2, 0.25) is 0 Å². The lowest BCUT2D eigenvalue weighted by Crippen LogP contribution is -2.11. The van der Waals surface area contributed by atoms with Crippen molar-refractivity contribution < 1.29 is 5.11 Å². The van der Waals surface area contributed by atoms with Crippen molar-refractivity contribution in [1.82, 2.24) is 0 Å². The summed E-state index contributed by atoms with van der Waals surface area (Å²) in [5.41, 5.74) is 1.36. The Bertz CT molecular complexity index is 275. The lowest BCUT2D eigenvalue weighted by molar-refractivity contribution is 0.472. The van der Waals surface area contributed by atoms with E-state index in [0.29, 0.717) is 5.75 Å². The molecule has 0 atom stereocenters. The molecule has 0 radical (unpaired) electrons. The maximum absolute atomic E-state index is 9.16. The molecule has 1 aromatic rings. The average Bonchev–Trinajstić information content (AvgIpc) is 2.23. The molecule has 14 heavy (non-hydrogen) atoms. The smallest absolute Gasteiger partial charge is 0.115 e. The molecule has 0 saturated carbocycles. The van der Waals surface area contributed by atoms with Gasteiger partial charge in [0.05, 0.1) is 0 Å². The Morgan fingerprint density at radius 3 is 2.43 bits per heavy atom. The molecular weight excluding hydrogens is 192 g/mol. The molecule has 0 amide bonds. The zero-order chi connectivity index (χ0) is 9.80. The molecule has 1 heterocycles. The summed E-state index contributed by atoms with van der Waals surface area (Å²) in [6, 6.07) is 7.65. The van der Waals surface area contributed by atoms with Gasteiger partial charge in [-0.25, -0.2) is 0 Å². The fraction of sp³-hybridized carbons (Fsp3) is 0.500. The van der Waals surface area contributed by atoms with Gasteiger partial charge in [-0.2, -0.15) is 11.8 Å². The van der Waals surface area contributed by atoms with Crippen LogP contribution in [0.3, 0.4) is 0 Å². The van der Waals surface area contributed by atoms with Gasteiger partial charge < -0.3 is 5.11 Å². The van der Waals surface area contributed by atoms with Crippen molar-refractivity contribution >= 4 is 11.8 Å². The summed E-state index contributed by atoms with van der Waals surface area (Å²) in [6.07, 6.45) is 3.89. The minimum atomic E-state index is 0.368.